The van der Waals surface area contributed by atoms with Crippen LogP contribution in [-0.2, 0) is 14.3 Å². The van der Waals surface area contributed by atoms with Gasteiger partial charge < -0.3 is 15.4 Å². The van der Waals surface area contributed by atoms with E-state index in [-0.39, 0.29) is 24.3 Å². The number of benzene rings is 1. The Labute approximate surface area is 162 Å². The number of ether oxygens (including phenoxy) is 1. The van der Waals surface area contributed by atoms with E-state index in [1.807, 2.05) is 0 Å². The average molecular weight is 376 g/mol. The van der Waals surface area contributed by atoms with Crippen LogP contribution in [0.4, 0.5) is 0 Å². The standard InChI is InChI=1S/C21H33N3O3/c1-16(2)19(18-6-4-17(3)5-7-18)14-20(25)23-15-21(26)22-8-9-24-10-12-27-13-11-24/h4-7,16,19H,8-15H2,1-3H3,(H,22,26)(H,23,25). The Morgan fingerprint density at radius 2 is 1.74 bits per heavy atom. The molecule has 0 spiro atoms. The SMILES string of the molecule is Cc1ccc(C(CC(=O)NCC(=O)NCCN2CCOCC2)C(C)C)cc1. The molecular weight excluding hydrogens is 342 g/mol. The van der Waals surface area contributed by atoms with Crippen LogP contribution < -0.4 is 10.6 Å². The van der Waals surface area contributed by atoms with Crippen LogP contribution in [0.2, 0.25) is 0 Å². The second-order valence-electron chi connectivity index (χ2n) is 7.55. The fraction of sp³-hybridized carbons (Fsp3) is 0.619. The topological polar surface area (TPSA) is 70.7 Å². The second-order valence-corrected chi connectivity index (χ2v) is 7.55. The van der Waals surface area contributed by atoms with Crippen LogP contribution in [0.5, 0.6) is 0 Å². The van der Waals surface area contributed by atoms with E-state index < -0.39 is 0 Å². The first kappa shape index (κ1) is 21.4. The lowest BCUT2D eigenvalue weighted by molar-refractivity contribution is -0.126. The number of hydrogen-bond acceptors (Lipinski definition) is 4. The average Bonchev–Trinajstić information content (AvgIpc) is 2.66. The lowest BCUT2D eigenvalue weighted by atomic mass is 9.85. The summed E-state index contributed by atoms with van der Waals surface area (Å²) in [6, 6.07) is 8.33. The number of hydrogen-bond donors (Lipinski definition) is 2. The van der Waals surface area contributed by atoms with Gasteiger partial charge in [-0.2, -0.15) is 0 Å². The van der Waals surface area contributed by atoms with Crippen molar-refractivity contribution in [3.63, 3.8) is 0 Å². The maximum Gasteiger partial charge on any atom is 0.239 e. The Hall–Kier alpha value is -1.92. The van der Waals surface area contributed by atoms with Gasteiger partial charge in [0.1, 0.15) is 0 Å². The molecular formula is C21H33N3O3. The molecule has 1 aliphatic rings. The van der Waals surface area contributed by atoms with Gasteiger partial charge in [0.2, 0.25) is 11.8 Å². The van der Waals surface area contributed by atoms with Crippen molar-refractivity contribution in [3.05, 3.63) is 35.4 Å². The maximum atomic E-state index is 12.3. The lowest BCUT2D eigenvalue weighted by Crippen LogP contribution is -2.43. The molecule has 2 rings (SSSR count). The minimum absolute atomic E-state index is 0.0284. The Balaban J connectivity index is 1.70. The molecule has 6 heteroatoms. The van der Waals surface area contributed by atoms with E-state index in [0.29, 0.717) is 18.9 Å². The molecule has 0 bridgehead atoms. The summed E-state index contributed by atoms with van der Waals surface area (Å²) in [7, 11) is 0. The quantitative estimate of drug-likeness (QED) is 0.689. The normalized spacial score (nSPS) is 16.1. The van der Waals surface area contributed by atoms with Crippen molar-refractivity contribution in [3.8, 4) is 0 Å². The minimum Gasteiger partial charge on any atom is -0.379 e. The first-order valence-corrected chi connectivity index (χ1v) is 9.85. The molecule has 1 fully saturated rings. The highest BCUT2D eigenvalue weighted by molar-refractivity contribution is 5.85. The molecule has 0 aliphatic carbocycles. The first-order chi connectivity index (χ1) is 13.0. The lowest BCUT2D eigenvalue weighted by Gasteiger charge is -2.26. The van der Waals surface area contributed by atoms with E-state index >= 15 is 0 Å². The van der Waals surface area contributed by atoms with Crippen molar-refractivity contribution in [2.24, 2.45) is 5.92 Å². The van der Waals surface area contributed by atoms with Crippen LogP contribution in [0.3, 0.4) is 0 Å². The number of morpholine rings is 1. The van der Waals surface area contributed by atoms with Gasteiger partial charge in [0, 0.05) is 32.6 Å². The molecule has 1 saturated heterocycles. The van der Waals surface area contributed by atoms with Gasteiger partial charge in [0.15, 0.2) is 0 Å². The summed E-state index contributed by atoms with van der Waals surface area (Å²) >= 11 is 0. The second kappa shape index (κ2) is 11.0. The van der Waals surface area contributed by atoms with E-state index in [2.05, 4.69) is 60.6 Å². The predicted molar refractivity (Wildman–Crippen MR) is 107 cm³/mol. The molecule has 1 heterocycles. The zero-order valence-corrected chi connectivity index (χ0v) is 16.8. The third-order valence-corrected chi connectivity index (χ3v) is 5.02. The Kier molecular flexibility index (Phi) is 8.75. The highest BCUT2D eigenvalue weighted by atomic mass is 16.5. The fourth-order valence-electron chi connectivity index (χ4n) is 3.24. The van der Waals surface area contributed by atoms with E-state index in [0.717, 1.165) is 32.8 Å². The summed E-state index contributed by atoms with van der Waals surface area (Å²) in [4.78, 5) is 26.5. The molecule has 0 saturated carbocycles. The van der Waals surface area contributed by atoms with Crippen molar-refractivity contribution >= 4 is 11.8 Å². The van der Waals surface area contributed by atoms with E-state index in [1.165, 1.54) is 11.1 Å². The van der Waals surface area contributed by atoms with Gasteiger partial charge in [-0.1, -0.05) is 43.7 Å². The van der Waals surface area contributed by atoms with Crippen molar-refractivity contribution in [2.45, 2.75) is 33.1 Å². The summed E-state index contributed by atoms with van der Waals surface area (Å²) in [5.41, 5.74) is 2.38. The van der Waals surface area contributed by atoms with Crippen molar-refractivity contribution in [1.82, 2.24) is 15.5 Å². The first-order valence-electron chi connectivity index (χ1n) is 9.85. The summed E-state index contributed by atoms with van der Waals surface area (Å²) in [5.74, 6) is 0.265. The third-order valence-electron chi connectivity index (χ3n) is 5.02. The molecule has 150 valence electrons. The van der Waals surface area contributed by atoms with Gasteiger partial charge in [0.05, 0.1) is 19.8 Å². The largest absolute Gasteiger partial charge is 0.379 e. The summed E-state index contributed by atoms with van der Waals surface area (Å²) < 4.78 is 5.30. The number of nitrogens with one attached hydrogen (secondary N) is 2. The third kappa shape index (κ3) is 7.69. The summed E-state index contributed by atoms with van der Waals surface area (Å²) in [6.45, 7) is 11.0. The Bertz CT molecular complexity index is 595. The van der Waals surface area contributed by atoms with Gasteiger partial charge >= 0.3 is 0 Å². The molecule has 1 aromatic rings. The molecule has 1 aromatic carbocycles. The minimum atomic E-state index is -0.145. The van der Waals surface area contributed by atoms with Crippen LogP contribution in [0.25, 0.3) is 0 Å². The predicted octanol–water partition coefficient (Wildman–Crippen LogP) is 1.69. The summed E-state index contributed by atoms with van der Waals surface area (Å²) in [5, 5.41) is 5.62. The molecule has 1 aliphatic heterocycles. The smallest absolute Gasteiger partial charge is 0.239 e. The molecule has 1 unspecified atom stereocenters. The Morgan fingerprint density at radius 3 is 2.37 bits per heavy atom. The van der Waals surface area contributed by atoms with Crippen LogP contribution in [-0.4, -0.2) is 62.7 Å². The molecule has 6 nitrogen and oxygen atoms in total. The molecule has 27 heavy (non-hydrogen) atoms. The number of rotatable bonds is 9. The van der Waals surface area contributed by atoms with Crippen LogP contribution in [0, 0.1) is 12.8 Å². The van der Waals surface area contributed by atoms with Gasteiger partial charge in [-0.3, -0.25) is 14.5 Å². The Morgan fingerprint density at radius 1 is 1.07 bits per heavy atom. The number of carbonyl (C=O) groups excluding carboxylic acids is 2. The fourth-order valence-corrected chi connectivity index (χ4v) is 3.24. The van der Waals surface area contributed by atoms with Crippen molar-refractivity contribution < 1.29 is 14.3 Å². The van der Waals surface area contributed by atoms with Crippen LogP contribution >= 0.6 is 0 Å². The number of carbonyl (C=O) groups is 2. The van der Waals surface area contributed by atoms with Gasteiger partial charge in [-0.25, -0.2) is 0 Å². The molecule has 2 N–H and O–H groups in total. The van der Waals surface area contributed by atoms with E-state index in [1.54, 1.807) is 0 Å². The molecule has 0 radical (unpaired) electrons. The molecule has 0 aromatic heterocycles. The van der Waals surface area contributed by atoms with Crippen molar-refractivity contribution in [1.29, 1.82) is 0 Å². The highest BCUT2D eigenvalue weighted by Crippen LogP contribution is 2.28. The van der Waals surface area contributed by atoms with Crippen LogP contribution in [0.15, 0.2) is 24.3 Å². The zero-order valence-electron chi connectivity index (χ0n) is 16.8. The van der Waals surface area contributed by atoms with E-state index in [9.17, 15) is 9.59 Å². The number of amides is 2. The monoisotopic (exact) mass is 375 g/mol. The van der Waals surface area contributed by atoms with Crippen LogP contribution in [0.1, 0.15) is 37.3 Å². The zero-order chi connectivity index (χ0) is 19.6. The van der Waals surface area contributed by atoms with Gasteiger partial charge in [-0.15, -0.1) is 0 Å². The molecule has 1 atom stereocenters. The highest BCUT2D eigenvalue weighted by Gasteiger charge is 2.20. The maximum absolute atomic E-state index is 12.3. The van der Waals surface area contributed by atoms with Gasteiger partial charge in [0.25, 0.3) is 0 Å². The van der Waals surface area contributed by atoms with Gasteiger partial charge in [-0.05, 0) is 24.3 Å². The number of aryl methyl sites for hydroxylation is 1. The summed E-state index contributed by atoms with van der Waals surface area (Å²) in [6.07, 6.45) is 0.391. The molecule has 2 amide bonds. The number of nitrogens with zero attached hydrogens (tertiary/aromatic N) is 1. The van der Waals surface area contributed by atoms with Crippen molar-refractivity contribution in [2.75, 3.05) is 45.9 Å². The van der Waals surface area contributed by atoms with E-state index in [4.69, 9.17) is 4.74 Å².